The van der Waals surface area contributed by atoms with Crippen LogP contribution in [-0.2, 0) is 5.41 Å². The van der Waals surface area contributed by atoms with E-state index in [1.807, 2.05) is 48.5 Å². The molecule has 0 aliphatic heterocycles. The second kappa shape index (κ2) is 13.4. The van der Waals surface area contributed by atoms with E-state index < -0.39 is 0 Å². The predicted octanol–water partition coefficient (Wildman–Crippen LogP) is 14.1. The molecule has 0 atom stereocenters. The number of aromatic nitrogens is 3. The molecule has 0 saturated heterocycles. The number of rotatable bonds is 6. The molecule has 0 saturated carbocycles. The molecule has 0 bridgehead atoms. The van der Waals surface area contributed by atoms with Gasteiger partial charge in [0.05, 0.1) is 0 Å². The normalized spacial score (nSPS) is 12.8. The Morgan fingerprint density at radius 2 is 0.897 bits per heavy atom. The molecule has 274 valence electrons. The molecule has 0 spiro atoms. The van der Waals surface area contributed by atoms with Gasteiger partial charge in [-0.3, -0.25) is 0 Å². The van der Waals surface area contributed by atoms with Gasteiger partial charge in [0, 0.05) is 32.9 Å². The predicted molar refractivity (Wildman–Crippen MR) is 237 cm³/mol. The monoisotopic (exact) mass is 743 g/mol. The first-order valence-corrected chi connectivity index (χ1v) is 19.8. The molecule has 4 heteroatoms. The molecule has 0 N–H and O–H groups in total. The van der Waals surface area contributed by atoms with E-state index in [0.717, 1.165) is 60.9 Å². The summed E-state index contributed by atoms with van der Waals surface area (Å²) >= 11 is 0. The zero-order valence-corrected chi connectivity index (χ0v) is 32.1. The van der Waals surface area contributed by atoms with Gasteiger partial charge in [0.25, 0.3) is 0 Å². The van der Waals surface area contributed by atoms with Crippen LogP contribution in [-0.4, -0.2) is 15.0 Å². The SMILES string of the molecule is CC1(C)c2ccccc2-c2cccc(-c3cccc(-c4ccc5oc6cccc(-c7nc(-c8ccccc8)nc(-c8cccc(-c9ccccc9)c8)n7)c6c5c4)c3)c21. The van der Waals surface area contributed by atoms with Gasteiger partial charge in [-0.2, -0.15) is 0 Å². The van der Waals surface area contributed by atoms with Crippen LogP contribution < -0.4 is 0 Å². The number of nitrogens with zero attached hydrogens (tertiary/aromatic N) is 3. The van der Waals surface area contributed by atoms with Crippen LogP contribution in [0.4, 0.5) is 0 Å². The van der Waals surface area contributed by atoms with Crippen molar-refractivity contribution in [1.29, 1.82) is 0 Å². The van der Waals surface area contributed by atoms with Crippen molar-refractivity contribution in [2.24, 2.45) is 0 Å². The van der Waals surface area contributed by atoms with Gasteiger partial charge < -0.3 is 4.42 Å². The average molecular weight is 744 g/mol. The van der Waals surface area contributed by atoms with Gasteiger partial charge in [-0.25, -0.2) is 15.0 Å². The summed E-state index contributed by atoms with van der Waals surface area (Å²) in [6.07, 6.45) is 0. The molecule has 0 amide bonds. The van der Waals surface area contributed by atoms with Crippen LogP contribution in [0.25, 0.3) is 101 Å². The van der Waals surface area contributed by atoms with E-state index in [1.54, 1.807) is 0 Å². The van der Waals surface area contributed by atoms with Gasteiger partial charge >= 0.3 is 0 Å². The summed E-state index contributed by atoms with van der Waals surface area (Å²) in [6.45, 7) is 4.70. The third-order valence-corrected chi connectivity index (χ3v) is 11.7. The molecule has 2 heterocycles. The fourth-order valence-electron chi connectivity index (χ4n) is 8.96. The van der Waals surface area contributed by atoms with Crippen LogP contribution in [0, 0.1) is 0 Å². The standard InChI is InChI=1S/C54H37N3O/c1-54(2)46-27-10-9-23-42(46)43-25-13-24-41(50(43)54)39-21-11-20-37(31-39)38-29-30-47-45(33-38)49-44(26-14-28-48(49)58-47)53-56-51(35-17-7-4-8-18-35)55-52(57-53)40-22-12-19-36(32-40)34-15-5-3-6-16-34/h3-33H,1-2H3. The van der Waals surface area contributed by atoms with Crippen LogP contribution in [0.1, 0.15) is 25.0 Å². The molecule has 0 fully saturated rings. The molecule has 11 rings (SSSR count). The van der Waals surface area contributed by atoms with Crippen LogP contribution in [0.5, 0.6) is 0 Å². The van der Waals surface area contributed by atoms with Gasteiger partial charge in [0.2, 0.25) is 0 Å². The zero-order valence-electron chi connectivity index (χ0n) is 32.1. The van der Waals surface area contributed by atoms with Crippen molar-refractivity contribution in [2.45, 2.75) is 19.3 Å². The first-order chi connectivity index (χ1) is 28.5. The Kier molecular flexibility index (Phi) is 7.80. The molecule has 10 aromatic rings. The minimum Gasteiger partial charge on any atom is -0.456 e. The van der Waals surface area contributed by atoms with Crippen molar-refractivity contribution in [1.82, 2.24) is 15.0 Å². The van der Waals surface area contributed by atoms with Crippen molar-refractivity contribution >= 4 is 21.9 Å². The van der Waals surface area contributed by atoms with Crippen molar-refractivity contribution in [2.75, 3.05) is 0 Å². The maximum atomic E-state index is 6.53. The molecular formula is C54H37N3O. The van der Waals surface area contributed by atoms with E-state index in [9.17, 15) is 0 Å². The van der Waals surface area contributed by atoms with E-state index in [-0.39, 0.29) is 5.41 Å². The van der Waals surface area contributed by atoms with Crippen LogP contribution in [0.15, 0.2) is 192 Å². The maximum absolute atomic E-state index is 6.53. The minimum absolute atomic E-state index is 0.108. The molecule has 1 aliphatic rings. The summed E-state index contributed by atoms with van der Waals surface area (Å²) in [5, 5.41) is 1.99. The van der Waals surface area contributed by atoms with Gasteiger partial charge in [0.1, 0.15) is 11.2 Å². The molecule has 58 heavy (non-hydrogen) atoms. The van der Waals surface area contributed by atoms with Gasteiger partial charge in [-0.1, -0.05) is 172 Å². The largest absolute Gasteiger partial charge is 0.456 e. The van der Waals surface area contributed by atoms with Crippen molar-refractivity contribution in [3.05, 3.63) is 199 Å². The molecular weight excluding hydrogens is 707 g/mol. The maximum Gasteiger partial charge on any atom is 0.164 e. The highest BCUT2D eigenvalue weighted by Gasteiger charge is 2.37. The quantitative estimate of drug-likeness (QED) is 0.170. The van der Waals surface area contributed by atoms with Gasteiger partial charge in [-0.05, 0) is 86.0 Å². The lowest BCUT2D eigenvalue weighted by Crippen LogP contribution is -2.16. The van der Waals surface area contributed by atoms with Gasteiger partial charge in [0.15, 0.2) is 17.5 Å². The Bertz CT molecular complexity index is 3200. The molecule has 8 aromatic carbocycles. The summed E-state index contributed by atoms with van der Waals surface area (Å²) < 4.78 is 6.53. The number of benzene rings is 8. The highest BCUT2D eigenvalue weighted by Crippen LogP contribution is 2.52. The second-order valence-corrected chi connectivity index (χ2v) is 15.6. The van der Waals surface area contributed by atoms with Crippen LogP contribution >= 0.6 is 0 Å². The Morgan fingerprint density at radius 3 is 1.71 bits per heavy atom. The first-order valence-electron chi connectivity index (χ1n) is 19.8. The molecule has 1 aliphatic carbocycles. The van der Waals surface area contributed by atoms with Crippen molar-refractivity contribution in [3.63, 3.8) is 0 Å². The Hall–Kier alpha value is -7.43. The Labute approximate surface area is 337 Å². The lowest BCUT2D eigenvalue weighted by Gasteiger charge is -2.24. The smallest absolute Gasteiger partial charge is 0.164 e. The van der Waals surface area contributed by atoms with Crippen LogP contribution in [0.2, 0.25) is 0 Å². The lowest BCUT2D eigenvalue weighted by atomic mass is 9.78. The topological polar surface area (TPSA) is 51.8 Å². The molecule has 0 radical (unpaired) electrons. The van der Waals surface area contributed by atoms with Crippen molar-refractivity contribution in [3.8, 4) is 78.7 Å². The second-order valence-electron chi connectivity index (χ2n) is 15.6. The van der Waals surface area contributed by atoms with E-state index in [2.05, 4.69) is 153 Å². The molecule has 2 aromatic heterocycles. The Balaban J connectivity index is 1.05. The number of fused-ring (bicyclic) bond motifs is 6. The van der Waals surface area contributed by atoms with E-state index in [4.69, 9.17) is 19.4 Å². The van der Waals surface area contributed by atoms with E-state index in [0.29, 0.717) is 17.5 Å². The molecule has 4 nitrogen and oxygen atoms in total. The summed E-state index contributed by atoms with van der Waals surface area (Å²) in [6, 6.07) is 66.1. The van der Waals surface area contributed by atoms with Gasteiger partial charge in [-0.15, -0.1) is 0 Å². The zero-order chi connectivity index (χ0) is 38.8. The third kappa shape index (κ3) is 5.56. The number of hydrogen-bond acceptors (Lipinski definition) is 4. The summed E-state index contributed by atoms with van der Waals surface area (Å²) in [5.74, 6) is 1.82. The average Bonchev–Trinajstić information content (AvgIpc) is 3.78. The first kappa shape index (κ1) is 33.9. The summed E-state index contributed by atoms with van der Waals surface area (Å²) in [4.78, 5) is 15.4. The highest BCUT2D eigenvalue weighted by molar-refractivity contribution is 6.13. The minimum atomic E-state index is -0.108. The fraction of sp³-hybridized carbons (Fsp3) is 0.0556. The third-order valence-electron chi connectivity index (χ3n) is 11.7. The lowest BCUT2D eigenvalue weighted by molar-refractivity contribution is 0.662. The summed E-state index contributed by atoms with van der Waals surface area (Å²) in [7, 11) is 0. The fourth-order valence-corrected chi connectivity index (χ4v) is 8.96. The highest BCUT2D eigenvalue weighted by atomic mass is 16.3. The Morgan fingerprint density at radius 1 is 0.362 bits per heavy atom. The van der Waals surface area contributed by atoms with Crippen LogP contribution in [0.3, 0.4) is 0 Å². The van der Waals surface area contributed by atoms with E-state index >= 15 is 0 Å². The summed E-state index contributed by atoms with van der Waals surface area (Å²) in [5.41, 5.74) is 16.6. The van der Waals surface area contributed by atoms with Crippen molar-refractivity contribution < 1.29 is 4.42 Å². The molecule has 0 unspecified atom stereocenters. The van der Waals surface area contributed by atoms with E-state index in [1.165, 1.54) is 33.4 Å². The number of hydrogen-bond donors (Lipinski definition) is 0. The number of furan rings is 1.